The molecule has 0 bridgehead atoms. The second-order valence-corrected chi connectivity index (χ2v) is 5.50. The number of nitrogens with zero attached hydrogens (tertiary/aromatic N) is 1. The molecule has 0 radical (unpaired) electrons. The third-order valence-electron chi connectivity index (χ3n) is 2.62. The number of hydrogen-bond acceptors (Lipinski definition) is 5. The van der Waals surface area contributed by atoms with Gasteiger partial charge in [0.2, 0.25) is 5.12 Å². The zero-order chi connectivity index (χ0) is 14.5. The number of nitriles is 1. The zero-order valence-electron chi connectivity index (χ0n) is 10.8. The monoisotopic (exact) mass is 288 g/mol. The van der Waals surface area contributed by atoms with E-state index in [0.29, 0.717) is 17.0 Å². The van der Waals surface area contributed by atoms with Crippen molar-refractivity contribution >= 4 is 28.5 Å². The van der Waals surface area contributed by atoms with E-state index in [4.69, 9.17) is 10.00 Å². The molecule has 5 nitrogen and oxygen atoms in total. The molecule has 1 aromatic carbocycles. The van der Waals surface area contributed by atoms with Crippen LogP contribution in [0, 0.1) is 11.3 Å². The lowest BCUT2D eigenvalue weighted by Gasteiger charge is -2.10. The number of rotatable bonds is 4. The maximum atomic E-state index is 11.7. The Labute approximate surface area is 120 Å². The van der Waals surface area contributed by atoms with Gasteiger partial charge in [-0.1, -0.05) is 11.8 Å². The molecule has 102 valence electrons. The Kier molecular flexibility index (Phi) is 4.43. The standard InChI is InChI=1S/C14H12N2O3S/c1-9-12(6-14(18)20-9)19-8-13(17)16-11-4-2-10(7-15)3-5-11/h2-6,9H,8H2,1H3,(H,16,17). The highest BCUT2D eigenvalue weighted by Crippen LogP contribution is 2.28. The second-order valence-electron chi connectivity index (χ2n) is 4.15. The molecule has 1 unspecified atom stereocenters. The highest BCUT2D eigenvalue weighted by atomic mass is 32.2. The summed E-state index contributed by atoms with van der Waals surface area (Å²) in [5.74, 6) is 0.210. The number of nitrogens with one attached hydrogen (secondary N) is 1. The summed E-state index contributed by atoms with van der Waals surface area (Å²) in [5.41, 5.74) is 1.12. The van der Waals surface area contributed by atoms with E-state index in [-0.39, 0.29) is 22.9 Å². The highest BCUT2D eigenvalue weighted by Gasteiger charge is 2.23. The summed E-state index contributed by atoms with van der Waals surface area (Å²) in [6, 6.07) is 8.53. The molecule has 1 aromatic rings. The minimum atomic E-state index is -0.313. The summed E-state index contributed by atoms with van der Waals surface area (Å²) in [6.07, 6.45) is 1.41. The zero-order valence-corrected chi connectivity index (χ0v) is 11.6. The minimum Gasteiger partial charge on any atom is -0.487 e. The van der Waals surface area contributed by atoms with Gasteiger partial charge in [-0.25, -0.2) is 0 Å². The lowest BCUT2D eigenvalue weighted by molar-refractivity contribution is -0.119. The molecule has 20 heavy (non-hydrogen) atoms. The molecule has 1 amide bonds. The maximum Gasteiger partial charge on any atom is 0.262 e. The van der Waals surface area contributed by atoms with Crippen molar-refractivity contribution in [3.63, 3.8) is 0 Å². The summed E-state index contributed by atoms with van der Waals surface area (Å²) in [6.45, 7) is 1.70. The van der Waals surface area contributed by atoms with Crippen molar-refractivity contribution < 1.29 is 14.3 Å². The van der Waals surface area contributed by atoms with Gasteiger partial charge in [0.15, 0.2) is 6.61 Å². The number of anilines is 1. The van der Waals surface area contributed by atoms with E-state index < -0.39 is 0 Å². The topological polar surface area (TPSA) is 79.2 Å². The number of carbonyl (C=O) groups is 2. The normalized spacial score (nSPS) is 17.3. The number of amides is 1. The minimum absolute atomic E-state index is 0.0507. The summed E-state index contributed by atoms with van der Waals surface area (Å²) < 4.78 is 5.32. The maximum absolute atomic E-state index is 11.7. The lowest BCUT2D eigenvalue weighted by Crippen LogP contribution is -2.19. The molecule has 1 aliphatic rings. The fourth-order valence-electron chi connectivity index (χ4n) is 1.63. The summed E-state index contributed by atoms with van der Waals surface area (Å²) in [4.78, 5) is 22.8. The fraction of sp³-hybridized carbons (Fsp3) is 0.214. The molecule has 0 saturated carbocycles. The second kappa shape index (κ2) is 6.26. The fourth-order valence-corrected chi connectivity index (χ4v) is 2.42. The third kappa shape index (κ3) is 3.62. The Bertz CT molecular complexity index is 602. The number of hydrogen-bond donors (Lipinski definition) is 1. The first-order valence-electron chi connectivity index (χ1n) is 5.93. The third-order valence-corrected chi connectivity index (χ3v) is 3.56. The smallest absolute Gasteiger partial charge is 0.262 e. The van der Waals surface area contributed by atoms with E-state index in [0.717, 1.165) is 0 Å². The predicted octanol–water partition coefficient (Wildman–Crippen LogP) is 2.06. The van der Waals surface area contributed by atoms with Crippen molar-refractivity contribution in [1.82, 2.24) is 0 Å². The molecule has 1 heterocycles. The van der Waals surface area contributed by atoms with Gasteiger partial charge in [0.1, 0.15) is 5.76 Å². The molecule has 0 spiro atoms. The molecular weight excluding hydrogens is 276 g/mol. The summed E-state index contributed by atoms with van der Waals surface area (Å²) in [5, 5.41) is 11.2. The van der Waals surface area contributed by atoms with Gasteiger partial charge < -0.3 is 10.1 Å². The SMILES string of the molecule is CC1SC(=O)C=C1OCC(=O)Nc1ccc(C#N)cc1. The van der Waals surface area contributed by atoms with Crippen LogP contribution in [-0.2, 0) is 14.3 Å². The van der Waals surface area contributed by atoms with Crippen LogP contribution >= 0.6 is 11.8 Å². The summed E-state index contributed by atoms with van der Waals surface area (Å²) in [7, 11) is 0. The summed E-state index contributed by atoms with van der Waals surface area (Å²) >= 11 is 1.17. The first-order chi connectivity index (χ1) is 9.58. The van der Waals surface area contributed by atoms with Crippen molar-refractivity contribution in [3.8, 4) is 6.07 Å². The van der Waals surface area contributed by atoms with Crippen LogP contribution in [0.25, 0.3) is 0 Å². The molecule has 1 aliphatic heterocycles. The molecular formula is C14H12N2O3S. The number of thioether (sulfide) groups is 1. The van der Waals surface area contributed by atoms with Gasteiger partial charge in [-0.15, -0.1) is 0 Å². The van der Waals surface area contributed by atoms with Gasteiger partial charge in [-0.2, -0.15) is 5.26 Å². The molecule has 1 atom stereocenters. The molecule has 2 rings (SSSR count). The van der Waals surface area contributed by atoms with E-state index in [9.17, 15) is 9.59 Å². The van der Waals surface area contributed by atoms with Crippen LogP contribution in [0.4, 0.5) is 5.69 Å². The van der Waals surface area contributed by atoms with Crippen LogP contribution in [0.15, 0.2) is 36.1 Å². The van der Waals surface area contributed by atoms with E-state index in [2.05, 4.69) is 5.32 Å². The molecule has 6 heteroatoms. The van der Waals surface area contributed by atoms with Gasteiger partial charge in [-0.3, -0.25) is 9.59 Å². The number of carbonyl (C=O) groups excluding carboxylic acids is 2. The van der Waals surface area contributed by atoms with E-state index in [1.54, 1.807) is 24.3 Å². The molecule has 0 aliphatic carbocycles. The first-order valence-corrected chi connectivity index (χ1v) is 6.81. The first kappa shape index (κ1) is 14.2. The van der Waals surface area contributed by atoms with Crippen molar-refractivity contribution in [2.75, 3.05) is 11.9 Å². The van der Waals surface area contributed by atoms with Gasteiger partial charge >= 0.3 is 0 Å². The van der Waals surface area contributed by atoms with Crippen LogP contribution < -0.4 is 5.32 Å². The Morgan fingerprint density at radius 3 is 2.70 bits per heavy atom. The lowest BCUT2D eigenvalue weighted by atomic mass is 10.2. The van der Waals surface area contributed by atoms with Gasteiger partial charge in [0.25, 0.3) is 5.91 Å². The van der Waals surface area contributed by atoms with Gasteiger partial charge in [0, 0.05) is 11.8 Å². The van der Waals surface area contributed by atoms with Gasteiger partial charge in [-0.05, 0) is 31.2 Å². The Hall–Kier alpha value is -2.26. The number of ether oxygens (including phenoxy) is 1. The quantitative estimate of drug-likeness (QED) is 0.917. The van der Waals surface area contributed by atoms with Crippen LogP contribution in [-0.4, -0.2) is 22.9 Å². The average Bonchev–Trinajstić information content (AvgIpc) is 2.75. The van der Waals surface area contributed by atoms with Crippen molar-refractivity contribution in [2.45, 2.75) is 12.2 Å². The van der Waals surface area contributed by atoms with Crippen molar-refractivity contribution in [1.29, 1.82) is 5.26 Å². The Balaban J connectivity index is 1.85. The van der Waals surface area contributed by atoms with Crippen LogP contribution in [0.3, 0.4) is 0 Å². The van der Waals surface area contributed by atoms with Crippen molar-refractivity contribution in [3.05, 3.63) is 41.7 Å². The molecule has 0 fully saturated rings. The highest BCUT2D eigenvalue weighted by molar-refractivity contribution is 8.15. The molecule has 1 N–H and O–H groups in total. The van der Waals surface area contributed by atoms with Crippen LogP contribution in [0.2, 0.25) is 0 Å². The van der Waals surface area contributed by atoms with Crippen LogP contribution in [0.5, 0.6) is 0 Å². The van der Waals surface area contributed by atoms with E-state index in [1.165, 1.54) is 17.8 Å². The van der Waals surface area contributed by atoms with Gasteiger partial charge in [0.05, 0.1) is 16.9 Å². The molecule has 0 saturated heterocycles. The Morgan fingerprint density at radius 2 is 2.15 bits per heavy atom. The predicted molar refractivity (Wildman–Crippen MR) is 75.9 cm³/mol. The van der Waals surface area contributed by atoms with Crippen LogP contribution in [0.1, 0.15) is 12.5 Å². The van der Waals surface area contributed by atoms with E-state index >= 15 is 0 Å². The van der Waals surface area contributed by atoms with E-state index in [1.807, 2.05) is 13.0 Å². The average molecular weight is 288 g/mol. The van der Waals surface area contributed by atoms with Crippen molar-refractivity contribution in [2.24, 2.45) is 0 Å². The number of benzene rings is 1. The molecule has 0 aromatic heterocycles. The Morgan fingerprint density at radius 1 is 1.45 bits per heavy atom. The largest absolute Gasteiger partial charge is 0.487 e.